The van der Waals surface area contributed by atoms with E-state index in [9.17, 15) is 9.18 Å². The van der Waals surface area contributed by atoms with Crippen LogP contribution in [0, 0.1) is 11.7 Å². The number of benzene rings is 1. The zero-order chi connectivity index (χ0) is 13.1. The molecule has 0 aliphatic heterocycles. The van der Waals surface area contributed by atoms with Crippen LogP contribution in [0.2, 0.25) is 0 Å². The van der Waals surface area contributed by atoms with Crippen LogP contribution in [0.5, 0.6) is 0 Å². The van der Waals surface area contributed by atoms with Gasteiger partial charge in [0, 0.05) is 17.4 Å². The van der Waals surface area contributed by atoms with E-state index in [1.807, 2.05) is 0 Å². The molecule has 0 saturated carbocycles. The molecule has 0 radical (unpaired) electrons. The largest absolute Gasteiger partial charge is 0.481 e. The highest BCUT2D eigenvalue weighted by Crippen LogP contribution is 2.25. The van der Waals surface area contributed by atoms with E-state index < -0.39 is 11.9 Å². The maximum Gasteiger partial charge on any atom is 0.306 e. The maximum absolute atomic E-state index is 13.5. The standard InChI is InChI=1S/C13H12FNO2S/c1-8(13(16)17)6-12-15-11(7-18-12)9-4-2-3-5-10(9)14/h2-5,7-8H,6H2,1H3,(H,16,17). The molecule has 5 heteroatoms. The Morgan fingerprint density at radius 2 is 2.22 bits per heavy atom. The lowest BCUT2D eigenvalue weighted by Crippen LogP contribution is -2.11. The van der Waals surface area contributed by atoms with Crippen molar-refractivity contribution in [1.29, 1.82) is 0 Å². The zero-order valence-corrected chi connectivity index (χ0v) is 10.6. The predicted molar refractivity (Wildman–Crippen MR) is 68.0 cm³/mol. The summed E-state index contributed by atoms with van der Waals surface area (Å²) in [6.45, 7) is 1.63. The van der Waals surface area contributed by atoms with Gasteiger partial charge in [0.2, 0.25) is 0 Å². The second kappa shape index (κ2) is 5.27. The summed E-state index contributed by atoms with van der Waals surface area (Å²) in [7, 11) is 0. The number of carboxylic acid groups (broad SMARTS) is 1. The van der Waals surface area contributed by atoms with Crippen LogP contribution in [0.1, 0.15) is 11.9 Å². The summed E-state index contributed by atoms with van der Waals surface area (Å²) < 4.78 is 13.5. The van der Waals surface area contributed by atoms with Crippen molar-refractivity contribution in [2.45, 2.75) is 13.3 Å². The smallest absolute Gasteiger partial charge is 0.306 e. The molecule has 1 heterocycles. The quantitative estimate of drug-likeness (QED) is 0.923. The van der Waals surface area contributed by atoms with Crippen LogP contribution in [0.4, 0.5) is 4.39 Å². The normalized spacial score (nSPS) is 12.3. The van der Waals surface area contributed by atoms with E-state index in [4.69, 9.17) is 5.11 Å². The van der Waals surface area contributed by atoms with Crippen LogP contribution in [0.25, 0.3) is 11.3 Å². The fourth-order valence-electron chi connectivity index (χ4n) is 1.55. The van der Waals surface area contributed by atoms with Gasteiger partial charge in [0.05, 0.1) is 16.6 Å². The van der Waals surface area contributed by atoms with Crippen molar-refractivity contribution in [2.75, 3.05) is 0 Å². The number of halogens is 1. The van der Waals surface area contributed by atoms with Crippen LogP contribution >= 0.6 is 11.3 Å². The van der Waals surface area contributed by atoms with Gasteiger partial charge < -0.3 is 5.11 Å². The van der Waals surface area contributed by atoms with E-state index in [-0.39, 0.29) is 5.82 Å². The lowest BCUT2D eigenvalue weighted by Gasteiger charge is -2.02. The third-order valence-electron chi connectivity index (χ3n) is 2.60. The zero-order valence-electron chi connectivity index (χ0n) is 9.76. The summed E-state index contributed by atoms with van der Waals surface area (Å²) in [6, 6.07) is 6.42. The molecule has 94 valence electrons. The number of nitrogens with zero attached hydrogens (tertiary/aromatic N) is 1. The lowest BCUT2D eigenvalue weighted by molar-refractivity contribution is -0.141. The van der Waals surface area contributed by atoms with Crippen molar-refractivity contribution in [2.24, 2.45) is 5.92 Å². The Hall–Kier alpha value is -1.75. The monoisotopic (exact) mass is 265 g/mol. The van der Waals surface area contributed by atoms with Crippen LogP contribution < -0.4 is 0 Å². The summed E-state index contributed by atoms with van der Waals surface area (Å²) in [5, 5.41) is 11.3. The van der Waals surface area contributed by atoms with E-state index in [1.54, 1.807) is 30.5 Å². The third kappa shape index (κ3) is 2.73. The lowest BCUT2D eigenvalue weighted by atomic mass is 10.1. The second-order valence-corrected chi connectivity index (χ2v) is 4.99. The minimum atomic E-state index is -0.849. The van der Waals surface area contributed by atoms with E-state index in [2.05, 4.69) is 4.98 Å². The van der Waals surface area contributed by atoms with E-state index in [0.717, 1.165) is 0 Å². The molecule has 0 amide bonds. The average molecular weight is 265 g/mol. The number of carbonyl (C=O) groups is 1. The number of rotatable bonds is 4. The molecular weight excluding hydrogens is 253 g/mol. The molecular formula is C13H12FNO2S. The number of hydrogen-bond donors (Lipinski definition) is 1. The molecule has 0 bridgehead atoms. The van der Waals surface area contributed by atoms with Gasteiger partial charge in [-0.2, -0.15) is 0 Å². The minimum absolute atomic E-state index is 0.319. The molecule has 0 saturated heterocycles. The summed E-state index contributed by atoms with van der Waals surface area (Å²) in [5.74, 6) is -1.65. The molecule has 1 aromatic carbocycles. The van der Waals surface area contributed by atoms with E-state index in [1.165, 1.54) is 17.4 Å². The van der Waals surface area contributed by atoms with Crippen LogP contribution in [0.15, 0.2) is 29.6 Å². The molecule has 1 N–H and O–H groups in total. The molecule has 1 aromatic heterocycles. The van der Waals surface area contributed by atoms with Gasteiger partial charge in [-0.25, -0.2) is 9.37 Å². The first-order chi connectivity index (χ1) is 8.58. The molecule has 2 rings (SSSR count). The molecule has 0 aliphatic rings. The number of aromatic nitrogens is 1. The number of thiazole rings is 1. The van der Waals surface area contributed by atoms with Gasteiger partial charge >= 0.3 is 5.97 Å². The summed E-state index contributed by atoms with van der Waals surface area (Å²) in [5.41, 5.74) is 1.01. The Morgan fingerprint density at radius 1 is 1.50 bits per heavy atom. The van der Waals surface area contributed by atoms with Crippen molar-refractivity contribution in [3.05, 3.63) is 40.5 Å². The summed E-state index contributed by atoms with van der Waals surface area (Å²) >= 11 is 1.36. The molecule has 0 spiro atoms. The van der Waals surface area contributed by atoms with Crippen molar-refractivity contribution in [3.63, 3.8) is 0 Å². The molecule has 2 aromatic rings. The Morgan fingerprint density at radius 3 is 2.89 bits per heavy atom. The van der Waals surface area contributed by atoms with Crippen LogP contribution in [0.3, 0.4) is 0 Å². The Bertz CT molecular complexity index is 568. The number of carboxylic acids is 1. The van der Waals surface area contributed by atoms with Gasteiger partial charge in [-0.15, -0.1) is 11.3 Å². The fraction of sp³-hybridized carbons (Fsp3) is 0.231. The topological polar surface area (TPSA) is 50.2 Å². The van der Waals surface area contributed by atoms with Crippen LogP contribution in [-0.4, -0.2) is 16.1 Å². The first kappa shape index (κ1) is 12.7. The highest BCUT2D eigenvalue weighted by Gasteiger charge is 2.15. The molecule has 3 nitrogen and oxygen atoms in total. The summed E-state index contributed by atoms with van der Waals surface area (Å²) in [4.78, 5) is 15.0. The summed E-state index contributed by atoms with van der Waals surface area (Å²) in [6.07, 6.45) is 0.369. The molecule has 1 unspecified atom stereocenters. The van der Waals surface area contributed by atoms with Crippen molar-refractivity contribution >= 4 is 17.3 Å². The van der Waals surface area contributed by atoms with Crippen molar-refractivity contribution in [3.8, 4) is 11.3 Å². The van der Waals surface area contributed by atoms with Gasteiger partial charge in [0.15, 0.2) is 0 Å². The van der Waals surface area contributed by atoms with Crippen molar-refractivity contribution < 1.29 is 14.3 Å². The van der Waals surface area contributed by atoms with Gasteiger partial charge in [0.1, 0.15) is 5.82 Å². The minimum Gasteiger partial charge on any atom is -0.481 e. The van der Waals surface area contributed by atoms with Gasteiger partial charge in [-0.1, -0.05) is 19.1 Å². The predicted octanol–water partition coefficient (Wildman–Crippen LogP) is 3.21. The SMILES string of the molecule is CC(Cc1nc(-c2ccccc2F)cs1)C(=O)O. The van der Waals surface area contributed by atoms with Crippen LogP contribution in [-0.2, 0) is 11.2 Å². The van der Waals surface area contributed by atoms with Gasteiger partial charge in [-0.05, 0) is 12.1 Å². The first-order valence-electron chi connectivity index (χ1n) is 5.50. The molecule has 18 heavy (non-hydrogen) atoms. The van der Waals surface area contributed by atoms with E-state index in [0.29, 0.717) is 22.7 Å². The first-order valence-corrected chi connectivity index (χ1v) is 6.38. The molecule has 0 fully saturated rings. The Balaban J connectivity index is 2.21. The third-order valence-corrected chi connectivity index (χ3v) is 3.48. The highest BCUT2D eigenvalue weighted by atomic mass is 32.1. The Labute approximate surface area is 108 Å². The fourth-order valence-corrected chi connectivity index (χ4v) is 2.47. The highest BCUT2D eigenvalue weighted by molar-refractivity contribution is 7.09. The van der Waals surface area contributed by atoms with E-state index >= 15 is 0 Å². The maximum atomic E-state index is 13.5. The number of aliphatic carboxylic acids is 1. The molecule has 1 atom stereocenters. The second-order valence-electron chi connectivity index (χ2n) is 4.05. The van der Waals surface area contributed by atoms with Gasteiger partial charge in [-0.3, -0.25) is 4.79 Å². The molecule has 0 aliphatic carbocycles. The van der Waals surface area contributed by atoms with Gasteiger partial charge in [0.25, 0.3) is 0 Å². The average Bonchev–Trinajstić information content (AvgIpc) is 2.77. The number of hydrogen-bond acceptors (Lipinski definition) is 3. The van der Waals surface area contributed by atoms with Crippen molar-refractivity contribution in [1.82, 2.24) is 4.98 Å². The Kier molecular flexibility index (Phi) is 3.72.